The molecule has 2 N–H and O–H groups in total. The molecule has 2 aromatic rings. The third kappa shape index (κ3) is 4.62. The van der Waals surface area contributed by atoms with Crippen LogP contribution in [0.2, 0.25) is 0 Å². The third-order valence-electron chi connectivity index (χ3n) is 3.30. The third-order valence-corrected chi connectivity index (χ3v) is 3.30. The maximum absolute atomic E-state index is 9.96. The molecule has 2 rings (SSSR count). The van der Waals surface area contributed by atoms with Crippen LogP contribution >= 0.6 is 0 Å². The number of nitrogens with one attached hydrogen (secondary N) is 1. The van der Waals surface area contributed by atoms with Crippen LogP contribution in [0.4, 0.5) is 0 Å². The van der Waals surface area contributed by atoms with Crippen LogP contribution in [0.1, 0.15) is 22.6 Å². The number of aryl methyl sites for hydroxylation is 3. The molecule has 1 unspecified atom stereocenters. The van der Waals surface area contributed by atoms with Gasteiger partial charge in [-0.25, -0.2) is 0 Å². The van der Waals surface area contributed by atoms with Crippen LogP contribution in [0.5, 0.6) is 5.75 Å². The predicted molar refractivity (Wildman–Crippen MR) is 82.6 cm³/mol. The summed E-state index contributed by atoms with van der Waals surface area (Å²) in [7, 11) is 0. The molecule has 1 heterocycles. The van der Waals surface area contributed by atoms with Gasteiger partial charge in [0.2, 0.25) is 0 Å². The molecule has 0 amide bonds. The van der Waals surface area contributed by atoms with E-state index in [1.165, 1.54) is 0 Å². The number of aliphatic hydroxyl groups is 1. The minimum atomic E-state index is -0.555. The van der Waals surface area contributed by atoms with E-state index in [4.69, 9.17) is 9.15 Å². The summed E-state index contributed by atoms with van der Waals surface area (Å²) in [5.74, 6) is 2.62. The van der Waals surface area contributed by atoms with Gasteiger partial charge in [0.1, 0.15) is 30.0 Å². The van der Waals surface area contributed by atoms with E-state index < -0.39 is 6.10 Å². The first-order valence-corrected chi connectivity index (χ1v) is 7.19. The Bertz CT molecular complexity index is 557. The monoisotopic (exact) mass is 289 g/mol. The molecule has 0 spiro atoms. The van der Waals surface area contributed by atoms with Crippen LogP contribution in [0, 0.1) is 20.8 Å². The van der Waals surface area contributed by atoms with Crippen molar-refractivity contribution in [2.24, 2.45) is 0 Å². The molecule has 0 aliphatic heterocycles. The highest BCUT2D eigenvalue weighted by molar-refractivity contribution is 5.39. The lowest BCUT2D eigenvalue weighted by Gasteiger charge is -2.15. The topological polar surface area (TPSA) is 54.6 Å². The molecular formula is C17H23NO3. The van der Waals surface area contributed by atoms with Gasteiger partial charge in [-0.1, -0.05) is 18.2 Å². The van der Waals surface area contributed by atoms with Crippen LogP contribution < -0.4 is 10.1 Å². The Morgan fingerprint density at radius 3 is 2.48 bits per heavy atom. The average Bonchev–Trinajstić information content (AvgIpc) is 2.84. The molecule has 1 atom stereocenters. The lowest BCUT2D eigenvalue weighted by molar-refractivity contribution is 0.105. The molecule has 0 saturated carbocycles. The largest absolute Gasteiger partial charge is 0.490 e. The number of ether oxygens (including phenoxy) is 1. The molecule has 4 heteroatoms. The number of furan rings is 1. The summed E-state index contributed by atoms with van der Waals surface area (Å²) in [4.78, 5) is 0. The lowest BCUT2D eigenvalue weighted by atomic mass is 10.1. The number of rotatable bonds is 7. The second kappa shape index (κ2) is 7.29. The number of hydrogen-bond acceptors (Lipinski definition) is 4. The minimum Gasteiger partial charge on any atom is -0.490 e. The first kappa shape index (κ1) is 15.6. The normalized spacial score (nSPS) is 12.4. The van der Waals surface area contributed by atoms with Gasteiger partial charge in [0.15, 0.2) is 0 Å². The molecule has 0 fully saturated rings. The van der Waals surface area contributed by atoms with Gasteiger partial charge in [-0.15, -0.1) is 0 Å². The Morgan fingerprint density at radius 2 is 1.86 bits per heavy atom. The maximum Gasteiger partial charge on any atom is 0.125 e. The summed E-state index contributed by atoms with van der Waals surface area (Å²) in [6.07, 6.45) is -0.555. The van der Waals surface area contributed by atoms with Crippen molar-refractivity contribution < 1.29 is 14.3 Å². The van der Waals surface area contributed by atoms with Gasteiger partial charge in [-0.05, 0) is 44.0 Å². The smallest absolute Gasteiger partial charge is 0.125 e. The van der Waals surface area contributed by atoms with E-state index in [0.29, 0.717) is 13.1 Å². The van der Waals surface area contributed by atoms with Crippen LogP contribution in [0.25, 0.3) is 0 Å². The van der Waals surface area contributed by atoms with Crippen molar-refractivity contribution in [3.05, 3.63) is 53.0 Å². The fraction of sp³-hybridized carbons (Fsp3) is 0.412. The van der Waals surface area contributed by atoms with Gasteiger partial charge in [-0.2, -0.15) is 0 Å². The summed E-state index contributed by atoms with van der Waals surface area (Å²) in [5.41, 5.74) is 2.17. The average molecular weight is 289 g/mol. The number of hydrogen-bond donors (Lipinski definition) is 2. The van der Waals surface area contributed by atoms with Crippen molar-refractivity contribution in [1.29, 1.82) is 0 Å². The Labute approximate surface area is 125 Å². The molecular weight excluding hydrogens is 266 g/mol. The van der Waals surface area contributed by atoms with Gasteiger partial charge in [0.25, 0.3) is 0 Å². The van der Waals surface area contributed by atoms with Gasteiger partial charge in [0, 0.05) is 6.54 Å². The minimum absolute atomic E-state index is 0.274. The molecule has 114 valence electrons. The molecule has 1 aromatic carbocycles. The highest BCUT2D eigenvalue weighted by Gasteiger charge is 2.08. The number of benzene rings is 1. The molecule has 0 aliphatic carbocycles. The van der Waals surface area contributed by atoms with Crippen molar-refractivity contribution in [3.63, 3.8) is 0 Å². The molecule has 4 nitrogen and oxygen atoms in total. The molecule has 0 saturated heterocycles. The van der Waals surface area contributed by atoms with Crippen LogP contribution in [0.3, 0.4) is 0 Å². The highest BCUT2D eigenvalue weighted by Crippen LogP contribution is 2.22. The second-order valence-corrected chi connectivity index (χ2v) is 5.33. The van der Waals surface area contributed by atoms with Gasteiger partial charge >= 0.3 is 0 Å². The Balaban J connectivity index is 1.73. The number of para-hydroxylation sites is 1. The van der Waals surface area contributed by atoms with Crippen LogP contribution in [-0.2, 0) is 6.54 Å². The summed E-state index contributed by atoms with van der Waals surface area (Å²) >= 11 is 0. The zero-order valence-corrected chi connectivity index (χ0v) is 12.8. The summed E-state index contributed by atoms with van der Waals surface area (Å²) < 4.78 is 11.2. The van der Waals surface area contributed by atoms with Crippen molar-refractivity contribution in [2.45, 2.75) is 33.4 Å². The molecule has 1 aromatic heterocycles. The zero-order valence-electron chi connectivity index (χ0n) is 12.8. The van der Waals surface area contributed by atoms with Gasteiger partial charge < -0.3 is 19.6 Å². The van der Waals surface area contributed by atoms with Gasteiger partial charge in [0.05, 0.1) is 6.54 Å². The van der Waals surface area contributed by atoms with E-state index in [2.05, 4.69) is 5.32 Å². The van der Waals surface area contributed by atoms with Crippen molar-refractivity contribution in [3.8, 4) is 5.75 Å². The zero-order chi connectivity index (χ0) is 15.2. The molecule has 0 bridgehead atoms. The first-order chi connectivity index (χ1) is 10.1. The van der Waals surface area contributed by atoms with E-state index in [-0.39, 0.29) is 6.61 Å². The van der Waals surface area contributed by atoms with Gasteiger partial charge in [-0.3, -0.25) is 0 Å². The Hall–Kier alpha value is -1.78. The summed E-state index contributed by atoms with van der Waals surface area (Å²) in [5, 5.41) is 13.1. The van der Waals surface area contributed by atoms with Crippen molar-refractivity contribution in [1.82, 2.24) is 5.32 Å². The standard InChI is InChI=1S/C17H23NO3/c1-12-5-4-6-13(2)17(12)20-11-15(19)9-18-10-16-8-7-14(3)21-16/h4-8,15,18-19H,9-11H2,1-3H3. The van der Waals surface area contributed by atoms with Crippen LogP contribution in [0.15, 0.2) is 34.7 Å². The first-order valence-electron chi connectivity index (χ1n) is 7.19. The van der Waals surface area contributed by atoms with E-state index >= 15 is 0 Å². The summed E-state index contributed by atoms with van der Waals surface area (Å²) in [6, 6.07) is 9.87. The fourth-order valence-electron chi connectivity index (χ4n) is 2.21. The van der Waals surface area contributed by atoms with Crippen LogP contribution in [-0.4, -0.2) is 24.4 Å². The summed E-state index contributed by atoms with van der Waals surface area (Å²) in [6.45, 7) is 7.27. The Morgan fingerprint density at radius 1 is 1.14 bits per heavy atom. The lowest BCUT2D eigenvalue weighted by Crippen LogP contribution is -2.31. The predicted octanol–water partition coefficient (Wildman–Crippen LogP) is 2.73. The Kier molecular flexibility index (Phi) is 5.42. The number of aliphatic hydroxyl groups excluding tert-OH is 1. The van der Waals surface area contributed by atoms with Crippen molar-refractivity contribution in [2.75, 3.05) is 13.2 Å². The highest BCUT2D eigenvalue weighted by atomic mass is 16.5. The second-order valence-electron chi connectivity index (χ2n) is 5.33. The van der Waals surface area contributed by atoms with E-state index in [1.54, 1.807) is 0 Å². The van der Waals surface area contributed by atoms with E-state index in [1.807, 2.05) is 51.1 Å². The molecule has 0 aliphatic rings. The van der Waals surface area contributed by atoms with E-state index in [9.17, 15) is 5.11 Å². The fourth-order valence-corrected chi connectivity index (χ4v) is 2.21. The quantitative estimate of drug-likeness (QED) is 0.823. The SMILES string of the molecule is Cc1ccc(CNCC(O)COc2c(C)cccc2C)o1. The molecule has 0 radical (unpaired) electrons. The maximum atomic E-state index is 9.96. The van der Waals surface area contributed by atoms with Crippen molar-refractivity contribution >= 4 is 0 Å². The van der Waals surface area contributed by atoms with E-state index in [0.717, 1.165) is 28.4 Å². The molecule has 21 heavy (non-hydrogen) atoms.